The summed E-state index contributed by atoms with van der Waals surface area (Å²) in [5, 5.41) is 3.72. The van der Waals surface area contributed by atoms with E-state index in [2.05, 4.69) is 30.4 Å². The Bertz CT molecular complexity index is 421. The molecule has 2 fully saturated rings. The summed E-state index contributed by atoms with van der Waals surface area (Å²) in [5.74, 6) is 1.98. The molecule has 0 spiro atoms. The standard InChI is InChI=1S/C16H23NO/c1-12(13-4-3-5-15(10-13)18-2)17-11-16(8-9-16)14-6-7-14/h3-5,10,12,14,17H,6-9,11H2,1-2H3. The maximum atomic E-state index is 5.28. The van der Waals surface area contributed by atoms with Crippen molar-refractivity contribution >= 4 is 0 Å². The SMILES string of the molecule is COc1cccc(C(C)NCC2(C3CC3)CC2)c1. The number of hydrogen-bond donors (Lipinski definition) is 1. The molecule has 98 valence electrons. The van der Waals surface area contributed by atoms with Gasteiger partial charge in [0.2, 0.25) is 0 Å². The molecule has 0 heterocycles. The highest BCUT2D eigenvalue weighted by molar-refractivity contribution is 5.30. The maximum absolute atomic E-state index is 5.28. The van der Waals surface area contributed by atoms with Gasteiger partial charge in [-0.15, -0.1) is 0 Å². The van der Waals surface area contributed by atoms with Gasteiger partial charge in [0.1, 0.15) is 5.75 Å². The molecule has 0 aliphatic heterocycles. The van der Waals surface area contributed by atoms with Crippen LogP contribution in [0.4, 0.5) is 0 Å². The topological polar surface area (TPSA) is 21.3 Å². The highest BCUT2D eigenvalue weighted by atomic mass is 16.5. The van der Waals surface area contributed by atoms with Gasteiger partial charge in [0.25, 0.3) is 0 Å². The molecule has 1 aromatic carbocycles. The van der Waals surface area contributed by atoms with Crippen LogP contribution in [0.1, 0.15) is 44.2 Å². The molecule has 0 amide bonds. The van der Waals surface area contributed by atoms with E-state index >= 15 is 0 Å². The first-order chi connectivity index (χ1) is 8.73. The van der Waals surface area contributed by atoms with Crippen molar-refractivity contribution in [3.05, 3.63) is 29.8 Å². The average molecular weight is 245 g/mol. The molecule has 1 aromatic rings. The Labute approximate surface area is 110 Å². The number of hydrogen-bond acceptors (Lipinski definition) is 2. The summed E-state index contributed by atoms with van der Waals surface area (Å²) in [6.45, 7) is 3.44. The normalized spacial score (nSPS) is 22.6. The van der Waals surface area contributed by atoms with E-state index in [1.807, 2.05) is 6.07 Å². The van der Waals surface area contributed by atoms with Gasteiger partial charge < -0.3 is 10.1 Å². The first kappa shape index (κ1) is 12.0. The second kappa shape index (κ2) is 4.58. The quantitative estimate of drug-likeness (QED) is 0.827. The molecule has 0 saturated heterocycles. The second-order valence-corrected chi connectivity index (χ2v) is 6.02. The van der Waals surface area contributed by atoms with Crippen LogP contribution in [0.15, 0.2) is 24.3 Å². The van der Waals surface area contributed by atoms with E-state index in [0.717, 1.165) is 11.7 Å². The first-order valence-corrected chi connectivity index (χ1v) is 7.11. The third kappa shape index (κ3) is 2.39. The van der Waals surface area contributed by atoms with Gasteiger partial charge in [0.05, 0.1) is 7.11 Å². The Morgan fingerprint density at radius 2 is 2.17 bits per heavy atom. The molecule has 0 radical (unpaired) electrons. The molecule has 18 heavy (non-hydrogen) atoms. The summed E-state index contributed by atoms with van der Waals surface area (Å²) in [7, 11) is 1.73. The molecule has 3 rings (SSSR count). The minimum Gasteiger partial charge on any atom is -0.497 e. The van der Waals surface area contributed by atoms with Crippen LogP contribution in [0.5, 0.6) is 5.75 Å². The lowest BCUT2D eigenvalue weighted by atomic mass is 9.99. The summed E-state index contributed by atoms with van der Waals surface area (Å²) >= 11 is 0. The molecular weight excluding hydrogens is 222 g/mol. The summed E-state index contributed by atoms with van der Waals surface area (Å²) in [5.41, 5.74) is 1.99. The van der Waals surface area contributed by atoms with Crippen molar-refractivity contribution in [2.24, 2.45) is 11.3 Å². The molecule has 0 aromatic heterocycles. The van der Waals surface area contributed by atoms with Crippen LogP contribution in [0.3, 0.4) is 0 Å². The predicted octanol–water partition coefficient (Wildman–Crippen LogP) is 3.54. The van der Waals surface area contributed by atoms with Crippen molar-refractivity contribution < 1.29 is 4.74 Å². The fourth-order valence-electron chi connectivity index (χ4n) is 2.97. The fraction of sp³-hybridized carbons (Fsp3) is 0.625. The van der Waals surface area contributed by atoms with Gasteiger partial charge in [-0.25, -0.2) is 0 Å². The molecule has 0 bridgehead atoms. The fourth-order valence-corrected chi connectivity index (χ4v) is 2.97. The van der Waals surface area contributed by atoms with Crippen LogP contribution in [-0.2, 0) is 0 Å². The Morgan fingerprint density at radius 1 is 1.39 bits per heavy atom. The van der Waals surface area contributed by atoms with Gasteiger partial charge in [0, 0.05) is 12.6 Å². The summed E-state index contributed by atoms with van der Waals surface area (Å²) in [6, 6.07) is 8.80. The van der Waals surface area contributed by atoms with E-state index in [1.165, 1.54) is 37.8 Å². The highest BCUT2D eigenvalue weighted by Crippen LogP contribution is 2.60. The van der Waals surface area contributed by atoms with Crippen molar-refractivity contribution in [3.8, 4) is 5.75 Å². The Balaban J connectivity index is 1.58. The van der Waals surface area contributed by atoms with E-state index in [0.29, 0.717) is 11.5 Å². The number of ether oxygens (including phenoxy) is 1. The van der Waals surface area contributed by atoms with Gasteiger partial charge in [0.15, 0.2) is 0 Å². The van der Waals surface area contributed by atoms with Crippen LogP contribution < -0.4 is 10.1 Å². The molecule has 2 saturated carbocycles. The first-order valence-electron chi connectivity index (χ1n) is 7.11. The zero-order chi connectivity index (χ0) is 12.6. The monoisotopic (exact) mass is 245 g/mol. The average Bonchev–Trinajstić information content (AvgIpc) is 3.28. The molecule has 2 nitrogen and oxygen atoms in total. The summed E-state index contributed by atoms with van der Waals surface area (Å²) in [6.07, 6.45) is 5.81. The van der Waals surface area contributed by atoms with Crippen LogP contribution >= 0.6 is 0 Å². The molecule has 2 aliphatic carbocycles. The molecule has 2 aliphatic rings. The Morgan fingerprint density at radius 3 is 2.78 bits per heavy atom. The molecule has 1 unspecified atom stereocenters. The summed E-state index contributed by atoms with van der Waals surface area (Å²) in [4.78, 5) is 0. The van der Waals surface area contributed by atoms with Crippen molar-refractivity contribution in [2.45, 2.75) is 38.6 Å². The molecule has 2 heteroatoms. The maximum Gasteiger partial charge on any atom is 0.119 e. The second-order valence-electron chi connectivity index (χ2n) is 6.02. The number of methoxy groups -OCH3 is 1. The molecular formula is C16H23NO. The van der Waals surface area contributed by atoms with E-state index in [4.69, 9.17) is 4.74 Å². The lowest BCUT2D eigenvalue weighted by Gasteiger charge is -2.20. The predicted molar refractivity (Wildman–Crippen MR) is 73.8 cm³/mol. The van der Waals surface area contributed by atoms with Gasteiger partial charge in [-0.1, -0.05) is 12.1 Å². The molecule has 1 atom stereocenters. The number of rotatable bonds is 6. The third-order valence-electron chi connectivity index (χ3n) is 4.69. The Kier molecular flexibility index (Phi) is 3.06. The minimum absolute atomic E-state index is 0.413. The van der Waals surface area contributed by atoms with Gasteiger partial charge in [-0.3, -0.25) is 0 Å². The van der Waals surface area contributed by atoms with Crippen LogP contribution in [0.2, 0.25) is 0 Å². The lowest BCUT2D eigenvalue weighted by molar-refractivity contribution is 0.380. The zero-order valence-corrected chi connectivity index (χ0v) is 11.4. The molecule has 1 N–H and O–H groups in total. The van der Waals surface area contributed by atoms with E-state index in [1.54, 1.807) is 7.11 Å². The Hall–Kier alpha value is -1.02. The zero-order valence-electron chi connectivity index (χ0n) is 11.4. The smallest absolute Gasteiger partial charge is 0.119 e. The van der Waals surface area contributed by atoms with Crippen LogP contribution in [0, 0.1) is 11.3 Å². The van der Waals surface area contributed by atoms with Crippen molar-refractivity contribution in [1.82, 2.24) is 5.32 Å². The van der Waals surface area contributed by atoms with Gasteiger partial charge in [-0.05, 0) is 61.6 Å². The van der Waals surface area contributed by atoms with Gasteiger partial charge in [-0.2, -0.15) is 0 Å². The third-order valence-corrected chi connectivity index (χ3v) is 4.69. The minimum atomic E-state index is 0.413. The van der Waals surface area contributed by atoms with Crippen LogP contribution in [-0.4, -0.2) is 13.7 Å². The number of benzene rings is 1. The highest BCUT2D eigenvalue weighted by Gasteiger charge is 2.53. The van der Waals surface area contributed by atoms with Crippen molar-refractivity contribution in [3.63, 3.8) is 0 Å². The van der Waals surface area contributed by atoms with E-state index < -0.39 is 0 Å². The van der Waals surface area contributed by atoms with Crippen molar-refractivity contribution in [2.75, 3.05) is 13.7 Å². The van der Waals surface area contributed by atoms with Gasteiger partial charge >= 0.3 is 0 Å². The van der Waals surface area contributed by atoms with E-state index in [9.17, 15) is 0 Å². The largest absolute Gasteiger partial charge is 0.497 e. The van der Waals surface area contributed by atoms with Crippen molar-refractivity contribution in [1.29, 1.82) is 0 Å². The number of nitrogens with one attached hydrogen (secondary N) is 1. The van der Waals surface area contributed by atoms with Crippen LogP contribution in [0.25, 0.3) is 0 Å². The van der Waals surface area contributed by atoms with E-state index in [-0.39, 0.29) is 0 Å². The lowest BCUT2D eigenvalue weighted by Crippen LogP contribution is -2.28. The summed E-state index contributed by atoms with van der Waals surface area (Å²) < 4.78 is 5.28.